The van der Waals surface area contributed by atoms with Gasteiger partial charge < -0.3 is 10.1 Å². The molecule has 0 aliphatic heterocycles. The van der Waals surface area contributed by atoms with E-state index < -0.39 is 12.3 Å². The molecule has 0 radical (unpaired) electrons. The van der Waals surface area contributed by atoms with Crippen molar-refractivity contribution in [1.82, 2.24) is 20.2 Å². The van der Waals surface area contributed by atoms with E-state index >= 15 is 0 Å². The molecule has 1 aromatic heterocycles. The number of alkyl halides is 3. The van der Waals surface area contributed by atoms with Crippen LogP contribution in [-0.4, -0.2) is 38.7 Å². The maximum Gasteiger partial charge on any atom is 0.573 e. The van der Waals surface area contributed by atoms with Crippen molar-refractivity contribution in [3.63, 3.8) is 0 Å². The molecule has 0 saturated heterocycles. The largest absolute Gasteiger partial charge is 0.573 e. The first kappa shape index (κ1) is 18.7. The first-order chi connectivity index (χ1) is 12.8. The second-order valence-electron chi connectivity index (χ2n) is 5.13. The Balaban J connectivity index is 1.71. The Morgan fingerprint density at radius 3 is 2.59 bits per heavy atom. The van der Waals surface area contributed by atoms with Crippen LogP contribution in [-0.2, 0) is 0 Å². The van der Waals surface area contributed by atoms with Crippen LogP contribution in [0.25, 0.3) is 5.69 Å². The number of tetrazole rings is 1. The van der Waals surface area contributed by atoms with Gasteiger partial charge in [-0.1, -0.05) is 6.07 Å². The third kappa shape index (κ3) is 4.97. The fraction of sp³-hybridized carbons (Fsp3) is 0.125. The average molecular weight is 395 g/mol. The molecule has 0 atom stereocenters. The van der Waals surface area contributed by atoms with E-state index in [4.69, 9.17) is 0 Å². The highest BCUT2D eigenvalue weighted by molar-refractivity contribution is 7.98. The topological polar surface area (TPSA) is 81.9 Å². The minimum absolute atomic E-state index is 0.180. The summed E-state index contributed by atoms with van der Waals surface area (Å²) < 4.78 is 40.3. The predicted octanol–water partition coefficient (Wildman–Crippen LogP) is 3.54. The maximum absolute atomic E-state index is 12.2. The molecule has 0 aliphatic rings. The van der Waals surface area contributed by atoms with Gasteiger partial charge in [0.05, 0.1) is 5.69 Å². The third-order valence-electron chi connectivity index (χ3n) is 3.25. The molecule has 3 aromatic rings. The van der Waals surface area contributed by atoms with E-state index in [1.54, 1.807) is 18.2 Å². The molecule has 3 rings (SSSR count). The van der Waals surface area contributed by atoms with E-state index in [1.807, 2.05) is 12.3 Å². The number of amides is 1. The van der Waals surface area contributed by atoms with Crippen molar-refractivity contribution >= 4 is 23.4 Å². The number of anilines is 1. The molecule has 2 aromatic carbocycles. The zero-order chi connectivity index (χ0) is 19.4. The fourth-order valence-electron chi connectivity index (χ4n) is 2.08. The molecule has 0 aliphatic carbocycles. The van der Waals surface area contributed by atoms with Crippen LogP contribution in [0.4, 0.5) is 18.9 Å². The highest BCUT2D eigenvalue weighted by Crippen LogP contribution is 2.23. The van der Waals surface area contributed by atoms with Crippen LogP contribution in [0.5, 0.6) is 5.75 Å². The normalized spacial score (nSPS) is 11.3. The minimum Gasteiger partial charge on any atom is -0.406 e. The Hall–Kier alpha value is -3.08. The summed E-state index contributed by atoms with van der Waals surface area (Å²) in [4.78, 5) is 14.2. The Morgan fingerprint density at radius 1 is 1.19 bits per heavy atom. The van der Waals surface area contributed by atoms with Crippen LogP contribution in [0, 0.1) is 0 Å². The van der Waals surface area contributed by atoms with Crippen molar-refractivity contribution in [2.75, 3.05) is 11.6 Å². The van der Waals surface area contributed by atoms with E-state index in [-0.39, 0.29) is 11.6 Å². The number of hydrogen-bond donors (Lipinski definition) is 1. The smallest absolute Gasteiger partial charge is 0.406 e. The Labute approximate surface area is 155 Å². The Kier molecular flexibility index (Phi) is 5.31. The highest BCUT2D eigenvalue weighted by Gasteiger charge is 2.31. The molecule has 1 N–H and O–H groups in total. The van der Waals surface area contributed by atoms with Crippen molar-refractivity contribution in [3.8, 4) is 11.4 Å². The lowest BCUT2D eigenvalue weighted by Crippen LogP contribution is -2.17. The number of halogens is 3. The number of nitrogens with zero attached hydrogens (tertiary/aromatic N) is 4. The highest BCUT2D eigenvalue weighted by atomic mass is 32.2. The lowest BCUT2D eigenvalue weighted by Gasteiger charge is -2.08. The molecule has 0 bridgehead atoms. The zero-order valence-electron chi connectivity index (χ0n) is 13.8. The lowest BCUT2D eigenvalue weighted by atomic mass is 10.3. The molecule has 7 nitrogen and oxygen atoms in total. The molecule has 0 spiro atoms. The third-order valence-corrected chi connectivity index (χ3v) is 3.97. The predicted molar refractivity (Wildman–Crippen MR) is 92.0 cm³/mol. The van der Waals surface area contributed by atoms with Gasteiger partial charge in [0, 0.05) is 10.6 Å². The molecule has 11 heteroatoms. The van der Waals surface area contributed by atoms with Gasteiger partial charge in [0.15, 0.2) is 0 Å². The number of nitrogens with one attached hydrogen (secondary N) is 1. The van der Waals surface area contributed by atoms with Crippen LogP contribution >= 0.6 is 11.8 Å². The summed E-state index contributed by atoms with van der Waals surface area (Å²) in [5, 5.41) is 14.0. The summed E-state index contributed by atoms with van der Waals surface area (Å²) in [5.74, 6) is -1.12. The second kappa shape index (κ2) is 7.66. The Bertz CT molecular complexity index is 944. The fourth-order valence-corrected chi connectivity index (χ4v) is 2.54. The van der Waals surface area contributed by atoms with Gasteiger partial charge in [0.1, 0.15) is 5.75 Å². The van der Waals surface area contributed by atoms with Crippen LogP contribution in [0.3, 0.4) is 0 Å². The average Bonchev–Trinajstić information content (AvgIpc) is 3.11. The van der Waals surface area contributed by atoms with E-state index in [0.717, 1.165) is 21.8 Å². The monoisotopic (exact) mass is 395 g/mol. The molecular formula is C16H12F3N5O2S. The van der Waals surface area contributed by atoms with Crippen molar-refractivity contribution in [1.29, 1.82) is 0 Å². The molecular weight excluding hydrogens is 383 g/mol. The quantitative estimate of drug-likeness (QED) is 0.666. The number of benzene rings is 2. The minimum atomic E-state index is -4.77. The van der Waals surface area contributed by atoms with E-state index in [9.17, 15) is 18.0 Å². The van der Waals surface area contributed by atoms with Crippen molar-refractivity contribution < 1.29 is 22.7 Å². The summed E-state index contributed by atoms with van der Waals surface area (Å²) in [6.45, 7) is 0. The van der Waals surface area contributed by atoms with Crippen LogP contribution in [0.15, 0.2) is 53.4 Å². The number of ether oxygens (including phenoxy) is 1. The van der Waals surface area contributed by atoms with E-state index in [0.29, 0.717) is 11.4 Å². The first-order valence-corrected chi connectivity index (χ1v) is 8.68. The van der Waals surface area contributed by atoms with Crippen LogP contribution in [0.2, 0.25) is 0 Å². The first-order valence-electron chi connectivity index (χ1n) is 7.46. The number of carbonyl (C=O) groups is 1. The number of thioether (sulfide) groups is 1. The van der Waals surface area contributed by atoms with Crippen molar-refractivity contribution in [3.05, 3.63) is 54.4 Å². The van der Waals surface area contributed by atoms with Gasteiger partial charge in [-0.25, -0.2) is 0 Å². The SMILES string of the molecule is CSc1cccc(NC(=O)c2nnn(-c3ccc(OC(F)(F)F)cc3)n2)c1. The number of rotatable bonds is 5. The van der Waals surface area contributed by atoms with Gasteiger partial charge in [-0.3, -0.25) is 4.79 Å². The van der Waals surface area contributed by atoms with Gasteiger partial charge in [-0.2, -0.15) is 0 Å². The molecule has 27 heavy (non-hydrogen) atoms. The number of carbonyl (C=O) groups excluding carboxylic acids is 1. The standard InChI is InChI=1S/C16H12F3N5O2S/c1-27-13-4-2-3-10(9-13)20-15(25)14-21-23-24(22-14)11-5-7-12(8-6-11)26-16(17,18)19/h2-9H,1H3,(H,20,25). The summed E-state index contributed by atoms with van der Waals surface area (Å²) in [6.07, 6.45) is -2.86. The number of hydrogen-bond acceptors (Lipinski definition) is 6. The van der Waals surface area contributed by atoms with E-state index in [1.165, 1.54) is 23.9 Å². The molecule has 140 valence electrons. The molecule has 1 amide bonds. The van der Waals surface area contributed by atoms with Crippen LogP contribution < -0.4 is 10.1 Å². The maximum atomic E-state index is 12.2. The van der Waals surface area contributed by atoms with Gasteiger partial charge in [0.2, 0.25) is 0 Å². The van der Waals surface area contributed by atoms with Crippen LogP contribution in [0.1, 0.15) is 10.6 Å². The van der Waals surface area contributed by atoms with Gasteiger partial charge in [0.25, 0.3) is 11.7 Å². The number of aromatic nitrogens is 4. The summed E-state index contributed by atoms with van der Waals surface area (Å²) >= 11 is 1.53. The molecule has 0 saturated carbocycles. The van der Waals surface area contributed by atoms with Gasteiger partial charge >= 0.3 is 6.36 Å². The summed E-state index contributed by atoms with van der Waals surface area (Å²) in [5.41, 5.74) is 0.900. The summed E-state index contributed by atoms with van der Waals surface area (Å²) in [7, 11) is 0. The molecule has 1 heterocycles. The molecule has 0 unspecified atom stereocenters. The lowest BCUT2D eigenvalue weighted by molar-refractivity contribution is -0.274. The van der Waals surface area contributed by atoms with Crippen molar-refractivity contribution in [2.45, 2.75) is 11.3 Å². The van der Waals surface area contributed by atoms with Crippen molar-refractivity contribution in [2.24, 2.45) is 0 Å². The van der Waals surface area contributed by atoms with Gasteiger partial charge in [-0.05, 0) is 53.9 Å². The van der Waals surface area contributed by atoms with E-state index in [2.05, 4.69) is 25.5 Å². The zero-order valence-corrected chi connectivity index (χ0v) is 14.6. The second-order valence-corrected chi connectivity index (χ2v) is 6.01. The van der Waals surface area contributed by atoms with Gasteiger partial charge in [-0.15, -0.1) is 39.9 Å². The Morgan fingerprint density at radius 2 is 1.93 bits per heavy atom. The summed E-state index contributed by atoms with van der Waals surface area (Å²) in [6, 6.07) is 12.1. The molecule has 0 fully saturated rings.